The minimum Gasteiger partial charge on any atom is -0.907 e. The summed E-state index contributed by atoms with van der Waals surface area (Å²) in [4.78, 5) is 36.0. The maximum atomic E-state index is 9.00. The maximum Gasteiger partial charge on any atom is 1.00 e. The molecule has 0 spiro atoms. The third kappa shape index (κ3) is 20700. The van der Waals surface area contributed by atoms with Gasteiger partial charge in [0.2, 0.25) is 0 Å². The summed E-state index contributed by atoms with van der Waals surface area (Å²) >= 11 is 0. The molecule has 17 N–H and O–H groups in total. The summed E-state index contributed by atoms with van der Waals surface area (Å²) in [7, 11) is -9.42. The number of nitrogens with two attached hydrogens (primary N) is 2. The zero-order valence-corrected chi connectivity index (χ0v) is 28.5. The van der Waals surface area contributed by atoms with E-state index in [-0.39, 0.29) is 88.7 Å². The van der Waals surface area contributed by atoms with Crippen molar-refractivity contribution in [3.05, 3.63) is 0 Å². The fourth-order valence-electron chi connectivity index (χ4n) is 0. The van der Waals surface area contributed by atoms with Gasteiger partial charge < -0.3 is 92.2 Å². The predicted molar refractivity (Wildman–Crippen MR) is 114 cm³/mol. The van der Waals surface area contributed by atoms with Gasteiger partial charge in [-0.05, 0) is 0 Å². The van der Waals surface area contributed by atoms with Crippen molar-refractivity contribution < 1.29 is 189 Å². The number of carbonyl (C=O) groups is 4. The molecule has 0 aromatic heterocycles. The minimum absolute atomic E-state index is 0. The van der Waals surface area contributed by atoms with Gasteiger partial charge in [-0.3, -0.25) is 26.5 Å². The molecule has 29 heteroatoms. The molecular formula is C10H33B4N2Na3O20. The molecule has 0 saturated heterocycles. The number of hydrogen-bond acceptors (Lipinski definition) is 18. The third-order valence-electron chi connectivity index (χ3n) is 0.167. The van der Waals surface area contributed by atoms with Gasteiger partial charge in [0.05, 0.1) is 0 Å². The first-order valence-corrected chi connectivity index (χ1v) is 8.06. The van der Waals surface area contributed by atoms with Gasteiger partial charge in [0, 0.05) is 40.8 Å². The van der Waals surface area contributed by atoms with Crippen molar-refractivity contribution in [3.63, 3.8) is 0 Å². The molecule has 0 heterocycles. The molecule has 0 aliphatic rings. The van der Waals surface area contributed by atoms with Crippen LogP contribution in [0, 0.1) is 0 Å². The van der Waals surface area contributed by atoms with E-state index in [0.29, 0.717) is 13.1 Å². The van der Waals surface area contributed by atoms with Crippen molar-refractivity contribution in [1.29, 1.82) is 0 Å². The SMILES string of the molecule is CC(=O)O.CC(=O)O.CC(=O)O.CC(=O)O.NCCN.OB(O)O.OB(O)O.OB(O)O.[Na+].[Na+].[Na+].[O-]B([O-])[O-]. The number of carboxylic acids is 4. The Bertz CT molecular complexity index is 346. The Kier molecular flexibility index (Phi) is 153. The summed E-state index contributed by atoms with van der Waals surface area (Å²) in [5, 5.41) is 119. The third-order valence-corrected chi connectivity index (χ3v) is 0.167. The molecule has 39 heavy (non-hydrogen) atoms. The second-order valence-electron chi connectivity index (χ2n) is 3.98. The zero-order chi connectivity index (χ0) is 32.0. The molecule has 218 valence electrons. The van der Waals surface area contributed by atoms with E-state index in [1.165, 1.54) is 0 Å². The van der Waals surface area contributed by atoms with E-state index in [0.717, 1.165) is 27.7 Å². The fourth-order valence-corrected chi connectivity index (χ4v) is 0. The number of aliphatic carboxylic acids is 4. The second kappa shape index (κ2) is 77.1. The Morgan fingerprint density at radius 2 is 0.513 bits per heavy atom. The van der Waals surface area contributed by atoms with Crippen LogP contribution in [0.4, 0.5) is 0 Å². The van der Waals surface area contributed by atoms with Crippen LogP contribution in [0.5, 0.6) is 0 Å². The first kappa shape index (κ1) is 77.4. The van der Waals surface area contributed by atoms with E-state index in [2.05, 4.69) is 0 Å². The molecule has 22 nitrogen and oxygen atoms in total. The van der Waals surface area contributed by atoms with Crippen LogP contribution in [-0.2, 0) is 19.2 Å². The van der Waals surface area contributed by atoms with E-state index >= 15 is 0 Å². The van der Waals surface area contributed by atoms with Gasteiger partial charge in [0.1, 0.15) is 0 Å². The molecule has 0 aliphatic heterocycles. The average Bonchev–Trinajstić information content (AvgIpc) is 2.50. The monoisotopic (exact) mass is 614 g/mol. The number of rotatable bonds is 1. The van der Waals surface area contributed by atoms with Gasteiger partial charge in [-0.25, -0.2) is 0 Å². The van der Waals surface area contributed by atoms with Crippen molar-refractivity contribution in [2.24, 2.45) is 11.5 Å². The van der Waals surface area contributed by atoms with Gasteiger partial charge in [-0.1, -0.05) is 0 Å². The van der Waals surface area contributed by atoms with Crippen LogP contribution in [0.3, 0.4) is 0 Å². The first-order chi connectivity index (χ1) is 15.8. The molecule has 0 atom stereocenters. The Hall–Kier alpha value is 0.580. The maximum absolute atomic E-state index is 9.00. The first-order valence-electron chi connectivity index (χ1n) is 8.06. The van der Waals surface area contributed by atoms with Crippen LogP contribution in [0.1, 0.15) is 27.7 Å². The second-order valence-corrected chi connectivity index (χ2v) is 3.98. The van der Waals surface area contributed by atoms with Gasteiger partial charge in [-0.2, -0.15) is 0 Å². The molecule has 0 rings (SSSR count). The Labute approximate surface area is 291 Å². The molecule has 0 amide bonds. The van der Waals surface area contributed by atoms with Crippen LogP contribution in [0.15, 0.2) is 0 Å². The molecule has 0 radical (unpaired) electrons. The van der Waals surface area contributed by atoms with Crippen LogP contribution in [-0.4, -0.2) is 132 Å². The van der Waals surface area contributed by atoms with E-state index in [1.807, 2.05) is 0 Å². The molecule has 0 aliphatic carbocycles. The van der Waals surface area contributed by atoms with Gasteiger partial charge in [0.25, 0.3) is 23.9 Å². The fraction of sp³-hybridized carbons (Fsp3) is 0.600. The van der Waals surface area contributed by atoms with Crippen LogP contribution in [0.2, 0.25) is 0 Å². The standard InChI is InChI=1S/C2H8N2.4C2H4O2.3BH3O3.BO3.3Na/c3-1-2-4;4*1-2(3)4;4*2-1(3)4;;;/h1-4H2;4*1H3,(H,3,4);3*2-4H;;;;/q;;;;;;;;-3;3*+1. The van der Waals surface area contributed by atoms with Crippen molar-refractivity contribution in [2.75, 3.05) is 13.1 Å². The van der Waals surface area contributed by atoms with E-state index < -0.39 is 53.2 Å². The summed E-state index contributed by atoms with van der Waals surface area (Å²) in [6, 6.07) is 0. The molecular weight excluding hydrogens is 580 g/mol. The molecule has 0 bridgehead atoms. The molecule has 0 fully saturated rings. The normalized spacial score (nSPS) is 6.10. The van der Waals surface area contributed by atoms with Crippen LogP contribution < -0.4 is 115 Å². The number of hydrogen-bond donors (Lipinski definition) is 15. The number of carboxylic acid groups (broad SMARTS) is 4. The Balaban J connectivity index is -0.0000000208. The Morgan fingerprint density at radius 3 is 0.513 bits per heavy atom. The van der Waals surface area contributed by atoms with E-state index in [1.54, 1.807) is 0 Å². The molecule has 0 saturated carbocycles. The summed E-state index contributed by atoms with van der Waals surface area (Å²) < 4.78 is 0. The zero-order valence-electron chi connectivity index (χ0n) is 22.5. The molecule has 0 aromatic rings. The van der Waals surface area contributed by atoms with Crippen LogP contribution >= 0.6 is 0 Å². The largest absolute Gasteiger partial charge is 1.00 e. The van der Waals surface area contributed by atoms with Crippen molar-refractivity contribution in [1.82, 2.24) is 0 Å². The summed E-state index contributed by atoms with van der Waals surface area (Å²) in [5.74, 6) is -3.33. The van der Waals surface area contributed by atoms with E-state index in [9.17, 15) is 0 Å². The smallest absolute Gasteiger partial charge is 0.907 e. The van der Waals surface area contributed by atoms with Crippen molar-refractivity contribution >= 4 is 53.2 Å². The van der Waals surface area contributed by atoms with Crippen LogP contribution in [0.25, 0.3) is 0 Å². The van der Waals surface area contributed by atoms with Gasteiger partial charge >= 0.3 is 111 Å². The Morgan fingerprint density at radius 1 is 0.487 bits per heavy atom. The summed E-state index contributed by atoms with van der Waals surface area (Å²) in [5.41, 5.74) is 9.81. The summed E-state index contributed by atoms with van der Waals surface area (Å²) in [6.45, 7) is 5.53. The summed E-state index contributed by atoms with van der Waals surface area (Å²) in [6.07, 6.45) is 0. The average molecular weight is 614 g/mol. The topological polar surface area (TPSA) is 452 Å². The molecule has 0 unspecified atom stereocenters. The van der Waals surface area contributed by atoms with Crippen molar-refractivity contribution in [2.45, 2.75) is 27.7 Å². The van der Waals surface area contributed by atoms with E-state index in [4.69, 9.17) is 111 Å². The predicted octanol–water partition coefficient (Wildman–Crippen LogP) is -19.8. The van der Waals surface area contributed by atoms with Crippen molar-refractivity contribution in [3.8, 4) is 0 Å². The van der Waals surface area contributed by atoms with Gasteiger partial charge in [-0.15, -0.1) is 0 Å². The molecule has 0 aromatic carbocycles. The quantitative estimate of drug-likeness (QED) is 0.122. The van der Waals surface area contributed by atoms with Gasteiger partial charge in [0.15, 0.2) is 0 Å². The minimum atomic E-state index is -2.92.